The summed E-state index contributed by atoms with van der Waals surface area (Å²) in [5.74, 6) is 0.188. The minimum absolute atomic E-state index is 0.188. The van der Waals surface area contributed by atoms with Crippen molar-refractivity contribution in [3.05, 3.63) is 43.3 Å². The van der Waals surface area contributed by atoms with Crippen LogP contribution in [0.25, 0.3) is 0 Å². The molecule has 1 aromatic carbocycles. The minimum Gasteiger partial charge on any atom is -0.130 e. The zero-order valence-corrected chi connectivity index (χ0v) is 10.3. The molecule has 0 N–H and O–H groups in total. The molecule has 0 aromatic heterocycles. The molecule has 0 bridgehead atoms. The van der Waals surface area contributed by atoms with E-state index in [1.807, 2.05) is 6.08 Å². The number of thioether (sulfide) groups is 2. The van der Waals surface area contributed by atoms with Crippen LogP contribution in [0, 0.1) is 6.92 Å². The Labute approximate surface area is 95.2 Å². The summed E-state index contributed by atoms with van der Waals surface area (Å²) in [5.41, 5.74) is 1.25. The van der Waals surface area contributed by atoms with Crippen LogP contribution >= 0.6 is 23.5 Å². The van der Waals surface area contributed by atoms with Crippen molar-refractivity contribution in [2.45, 2.75) is 15.7 Å². The lowest BCUT2D eigenvalue weighted by molar-refractivity contribution is 1.05. The summed E-state index contributed by atoms with van der Waals surface area (Å²) in [5, 5.41) is 0. The molecular weight excluding hydrogens is 208 g/mol. The Kier molecular flexibility index (Phi) is 4.63. The molecule has 0 aliphatic heterocycles. The van der Waals surface area contributed by atoms with Gasteiger partial charge >= 0.3 is 0 Å². The van der Waals surface area contributed by atoms with Crippen molar-refractivity contribution >= 4 is 23.5 Å². The Morgan fingerprint density at radius 2 is 1.64 bits per heavy atom. The molecule has 1 radical (unpaired) electrons. The first kappa shape index (κ1) is 11.7. The van der Waals surface area contributed by atoms with Gasteiger partial charge in [-0.25, -0.2) is 0 Å². The number of rotatable bonds is 4. The fourth-order valence-electron chi connectivity index (χ4n) is 1.18. The average molecular weight is 223 g/mol. The van der Waals surface area contributed by atoms with Crippen molar-refractivity contribution in [3.8, 4) is 0 Å². The largest absolute Gasteiger partial charge is 0.130 e. The molecule has 0 saturated heterocycles. The molecule has 0 aliphatic rings. The predicted molar refractivity (Wildman–Crippen MR) is 68.3 cm³/mol. The van der Waals surface area contributed by atoms with E-state index in [1.54, 1.807) is 23.5 Å². The molecular formula is C12H15S2. The van der Waals surface area contributed by atoms with Gasteiger partial charge in [0.05, 0.1) is 0 Å². The monoisotopic (exact) mass is 223 g/mol. The molecule has 1 aromatic rings. The third kappa shape index (κ3) is 2.82. The minimum atomic E-state index is 0.188. The van der Waals surface area contributed by atoms with Gasteiger partial charge in [0, 0.05) is 15.7 Å². The smallest absolute Gasteiger partial charge is 0.00832 e. The maximum atomic E-state index is 4.04. The fraction of sp³-hybridized carbons (Fsp3) is 0.250. The quantitative estimate of drug-likeness (QED) is 0.553. The van der Waals surface area contributed by atoms with Crippen LogP contribution in [0.5, 0.6) is 0 Å². The third-order valence-corrected chi connectivity index (χ3v) is 3.50. The molecule has 1 rings (SSSR count). The topological polar surface area (TPSA) is 0 Å². The Hall–Kier alpha value is -0.340. The van der Waals surface area contributed by atoms with Crippen molar-refractivity contribution in [3.63, 3.8) is 0 Å². The van der Waals surface area contributed by atoms with Gasteiger partial charge in [0.15, 0.2) is 0 Å². The second kappa shape index (κ2) is 5.52. The first-order chi connectivity index (χ1) is 6.71. The van der Waals surface area contributed by atoms with Crippen LogP contribution in [-0.4, -0.2) is 12.5 Å². The Morgan fingerprint density at radius 3 is 2.00 bits per heavy atom. The molecule has 1 unspecified atom stereocenters. The van der Waals surface area contributed by atoms with E-state index in [9.17, 15) is 0 Å². The molecule has 0 saturated carbocycles. The maximum absolute atomic E-state index is 4.04. The third-order valence-electron chi connectivity index (χ3n) is 2.09. The Morgan fingerprint density at radius 1 is 1.14 bits per heavy atom. The summed E-state index contributed by atoms with van der Waals surface area (Å²) in [4.78, 5) is 2.59. The second-order valence-corrected chi connectivity index (χ2v) is 4.75. The SMILES string of the molecule is [CH2]C(C=C)c1cc(SC)cc(SC)c1. The summed E-state index contributed by atoms with van der Waals surface area (Å²) in [7, 11) is 0. The summed E-state index contributed by atoms with van der Waals surface area (Å²) in [6.45, 7) is 7.81. The van der Waals surface area contributed by atoms with E-state index in [4.69, 9.17) is 0 Å². The summed E-state index contributed by atoms with van der Waals surface area (Å²) < 4.78 is 0. The van der Waals surface area contributed by atoms with Crippen molar-refractivity contribution < 1.29 is 0 Å². The van der Waals surface area contributed by atoms with Gasteiger partial charge in [0.1, 0.15) is 0 Å². The highest BCUT2D eigenvalue weighted by atomic mass is 32.2. The highest BCUT2D eigenvalue weighted by Crippen LogP contribution is 2.28. The van der Waals surface area contributed by atoms with Crippen LogP contribution in [0.2, 0.25) is 0 Å². The molecule has 1 atom stereocenters. The fourth-order valence-corrected chi connectivity index (χ4v) is 2.25. The van der Waals surface area contributed by atoms with Crippen molar-refractivity contribution in [2.24, 2.45) is 0 Å². The molecule has 0 nitrogen and oxygen atoms in total. The highest BCUT2D eigenvalue weighted by molar-refractivity contribution is 7.99. The first-order valence-corrected chi connectivity index (χ1v) is 6.84. The zero-order valence-electron chi connectivity index (χ0n) is 8.62. The van der Waals surface area contributed by atoms with E-state index < -0.39 is 0 Å². The molecule has 75 valence electrons. The molecule has 0 heterocycles. The molecule has 0 spiro atoms. The zero-order chi connectivity index (χ0) is 10.6. The summed E-state index contributed by atoms with van der Waals surface area (Å²) in [6, 6.07) is 6.57. The molecule has 0 amide bonds. The molecule has 0 aliphatic carbocycles. The van der Waals surface area contributed by atoms with Crippen LogP contribution in [0.1, 0.15) is 11.5 Å². The number of hydrogen-bond acceptors (Lipinski definition) is 2. The summed E-state index contributed by atoms with van der Waals surface area (Å²) >= 11 is 3.53. The van der Waals surface area contributed by atoms with E-state index in [2.05, 4.69) is 44.2 Å². The number of hydrogen-bond donors (Lipinski definition) is 0. The number of benzene rings is 1. The van der Waals surface area contributed by atoms with Crippen molar-refractivity contribution in [1.82, 2.24) is 0 Å². The van der Waals surface area contributed by atoms with Gasteiger partial charge in [-0.15, -0.1) is 30.1 Å². The van der Waals surface area contributed by atoms with Gasteiger partial charge < -0.3 is 0 Å². The van der Waals surface area contributed by atoms with Crippen LogP contribution < -0.4 is 0 Å². The van der Waals surface area contributed by atoms with E-state index >= 15 is 0 Å². The summed E-state index contributed by atoms with van der Waals surface area (Å²) in [6.07, 6.45) is 6.06. The average Bonchev–Trinajstić information content (AvgIpc) is 2.27. The van der Waals surface area contributed by atoms with Gasteiger partial charge in [-0.05, 0) is 43.2 Å². The highest BCUT2D eigenvalue weighted by Gasteiger charge is 2.04. The van der Waals surface area contributed by atoms with Gasteiger partial charge in [0.25, 0.3) is 0 Å². The Balaban J connectivity index is 3.09. The van der Waals surface area contributed by atoms with Gasteiger partial charge in [-0.2, -0.15) is 0 Å². The lowest BCUT2D eigenvalue weighted by Gasteiger charge is -2.10. The van der Waals surface area contributed by atoms with Gasteiger partial charge in [-0.3, -0.25) is 0 Å². The van der Waals surface area contributed by atoms with Crippen LogP contribution in [0.3, 0.4) is 0 Å². The van der Waals surface area contributed by atoms with E-state index in [0.29, 0.717) is 0 Å². The van der Waals surface area contributed by atoms with Gasteiger partial charge in [0.2, 0.25) is 0 Å². The standard InChI is InChI=1S/C12H15S2/c1-5-9(2)10-6-11(13-3)8-12(7-10)14-4/h5-9H,1-2H2,3-4H3. The lowest BCUT2D eigenvalue weighted by atomic mass is 10.0. The maximum Gasteiger partial charge on any atom is 0.00832 e. The van der Waals surface area contributed by atoms with Gasteiger partial charge in [-0.1, -0.05) is 6.08 Å². The van der Waals surface area contributed by atoms with E-state index in [0.717, 1.165) is 0 Å². The van der Waals surface area contributed by atoms with Crippen LogP contribution in [-0.2, 0) is 0 Å². The van der Waals surface area contributed by atoms with Crippen molar-refractivity contribution in [1.29, 1.82) is 0 Å². The second-order valence-electron chi connectivity index (χ2n) is 2.99. The Bertz CT molecular complexity index is 296. The lowest BCUT2D eigenvalue weighted by Crippen LogP contribution is -1.90. The normalized spacial score (nSPS) is 12.5. The molecule has 2 heteroatoms. The van der Waals surface area contributed by atoms with E-state index in [-0.39, 0.29) is 5.92 Å². The van der Waals surface area contributed by atoms with Crippen molar-refractivity contribution in [2.75, 3.05) is 12.5 Å². The first-order valence-electron chi connectivity index (χ1n) is 4.40. The molecule has 14 heavy (non-hydrogen) atoms. The predicted octanol–water partition coefficient (Wildman–Crippen LogP) is 4.23. The van der Waals surface area contributed by atoms with Crippen LogP contribution in [0.15, 0.2) is 40.6 Å². The molecule has 0 fully saturated rings. The van der Waals surface area contributed by atoms with Crippen LogP contribution in [0.4, 0.5) is 0 Å². The number of allylic oxidation sites excluding steroid dienone is 1. The van der Waals surface area contributed by atoms with E-state index in [1.165, 1.54) is 15.4 Å².